The first kappa shape index (κ1) is 18.4. The van der Waals surface area contributed by atoms with Gasteiger partial charge in [0.1, 0.15) is 11.4 Å². The molecular weight excluding hydrogens is 348 g/mol. The SMILES string of the molecule is CC(=O)[C@]12CCCC[C@H]1C[C@H]1[C@@H]3C[C@H]4O[C@]45C[C@@H](O)CC[C@]5(C)[C@H]3CC[C@@]12C. The van der Waals surface area contributed by atoms with Crippen LogP contribution in [0.25, 0.3) is 0 Å². The van der Waals surface area contributed by atoms with Gasteiger partial charge < -0.3 is 9.84 Å². The summed E-state index contributed by atoms with van der Waals surface area (Å²) in [4.78, 5) is 13.2. The standard InChI is InChI=1S/C25H38O3/c1-15(26)24-9-5-4-6-16(24)12-20-18-13-21-25(28-21)14-17(27)7-10-23(25,3)19(18)8-11-22(20,24)2/h16-21,27H,4-14H2,1-3H3/t16-,17-,18+,19-,20-,21+,22-,23+,24+,25+/m0/s1. The lowest BCUT2D eigenvalue weighted by Gasteiger charge is -2.61. The van der Waals surface area contributed by atoms with Crippen molar-refractivity contribution in [2.24, 2.45) is 39.9 Å². The fourth-order valence-electron chi connectivity index (χ4n) is 10.5. The van der Waals surface area contributed by atoms with Crippen LogP contribution in [0.3, 0.4) is 0 Å². The predicted molar refractivity (Wildman–Crippen MR) is 108 cm³/mol. The van der Waals surface area contributed by atoms with Crippen molar-refractivity contribution in [3.05, 3.63) is 0 Å². The van der Waals surface area contributed by atoms with Gasteiger partial charge >= 0.3 is 0 Å². The van der Waals surface area contributed by atoms with Crippen molar-refractivity contribution in [3.63, 3.8) is 0 Å². The highest BCUT2D eigenvalue weighted by atomic mass is 16.6. The first-order valence-corrected chi connectivity index (χ1v) is 12.2. The van der Waals surface area contributed by atoms with Gasteiger partial charge in [0.15, 0.2) is 0 Å². The smallest absolute Gasteiger partial charge is 0.136 e. The van der Waals surface area contributed by atoms with E-state index in [9.17, 15) is 9.90 Å². The van der Waals surface area contributed by atoms with Crippen LogP contribution >= 0.6 is 0 Å². The molecular formula is C25H38O3. The Morgan fingerprint density at radius 2 is 1.75 bits per heavy atom. The number of hydrogen-bond acceptors (Lipinski definition) is 3. The maximum atomic E-state index is 13.2. The van der Waals surface area contributed by atoms with E-state index in [2.05, 4.69) is 13.8 Å². The number of hydrogen-bond donors (Lipinski definition) is 1. The van der Waals surface area contributed by atoms with Crippen molar-refractivity contribution in [1.29, 1.82) is 0 Å². The Kier molecular flexibility index (Phi) is 3.57. The highest BCUT2D eigenvalue weighted by Crippen LogP contribution is 2.77. The average Bonchev–Trinajstić information content (AvgIpc) is 3.27. The second kappa shape index (κ2) is 5.44. The summed E-state index contributed by atoms with van der Waals surface area (Å²) in [5.41, 5.74) is 0.371. The summed E-state index contributed by atoms with van der Waals surface area (Å²) < 4.78 is 6.48. The summed E-state index contributed by atoms with van der Waals surface area (Å²) in [5.74, 6) is 3.27. The number of carbonyl (C=O) groups excluding carboxylic acids is 1. The molecule has 1 heterocycles. The lowest BCUT2D eigenvalue weighted by molar-refractivity contribution is -0.154. The van der Waals surface area contributed by atoms with Crippen LogP contribution in [0.5, 0.6) is 0 Å². The van der Waals surface area contributed by atoms with Crippen LogP contribution in [0.15, 0.2) is 0 Å². The number of rotatable bonds is 1. The number of ketones is 1. The molecule has 0 aromatic carbocycles. The van der Waals surface area contributed by atoms with Crippen LogP contribution in [0.2, 0.25) is 0 Å². The maximum Gasteiger partial charge on any atom is 0.136 e. The average molecular weight is 387 g/mol. The van der Waals surface area contributed by atoms with E-state index in [1.54, 1.807) is 0 Å². The largest absolute Gasteiger partial charge is 0.393 e. The minimum absolute atomic E-state index is 0.0246. The molecule has 0 aromatic heterocycles. The molecule has 5 saturated carbocycles. The molecule has 1 spiro atoms. The minimum atomic E-state index is -0.168. The van der Waals surface area contributed by atoms with Crippen molar-refractivity contribution >= 4 is 5.78 Å². The zero-order valence-corrected chi connectivity index (χ0v) is 18.0. The molecule has 0 aromatic rings. The van der Waals surface area contributed by atoms with Gasteiger partial charge in [0, 0.05) is 17.3 Å². The highest BCUT2D eigenvalue weighted by molar-refractivity contribution is 5.84. The first-order valence-electron chi connectivity index (χ1n) is 12.2. The van der Waals surface area contributed by atoms with Crippen LogP contribution in [0.1, 0.15) is 91.4 Å². The topological polar surface area (TPSA) is 49.8 Å². The molecule has 0 bridgehead atoms. The quantitative estimate of drug-likeness (QED) is 0.652. The van der Waals surface area contributed by atoms with E-state index in [1.807, 2.05) is 6.92 Å². The molecule has 3 heteroatoms. The summed E-state index contributed by atoms with van der Waals surface area (Å²) >= 11 is 0. The van der Waals surface area contributed by atoms with Crippen LogP contribution in [0.4, 0.5) is 0 Å². The Morgan fingerprint density at radius 1 is 0.964 bits per heavy atom. The van der Waals surface area contributed by atoms with Gasteiger partial charge in [-0.1, -0.05) is 26.7 Å². The summed E-state index contributed by atoms with van der Waals surface area (Å²) in [7, 11) is 0. The Balaban J connectivity index is 1.40. The van der Waals surface area contributed by atoms with Gasteiger partial charge in [-0.05, 0) is 87.4 Å². The van der Waals surface area contributed by atoms with E-state index in [-0.39, 0.29) is 27.9 Å². The summed E-state index contributed by atoms with van der Waals surface area (Å²) in [6, 6.07) is 0. The second-order valence-corrected chi connectivity index (χ2v) is 12.1. The zero-order chi connectivity index (χ0) is 19.5. The lowest BCUT2D eigenvalue weighted by Crippen LogP contribution is -2.60. The number of carbonyl (C=O) groups is 1. The number of fused-ring (bicyclic) bond motifs is 6. The van der Waals surface area contributed by atoms with E-state index in [4.69, 9.17) is 4.74 Å². The van der Waals surface area contributed by atoms with E-state index in [0.29, 0.717) is 23.7 Å². The van der Waals surface area contributed by atoms with Gasteiger partial charge in [0.05, 0.1) is 12.2 Å². The predicted octanol–water partition coefficient (Wildman–Crippen LogP) is 4.90. The van der Waals surface area contributed by atoms with Crippen molar-refractivity contribution in [3.8, 4) is 0 Å². The maximum absolute atomic E-state index is 13.2. The van der Waals surface area contributed by atoms with Gasteiger partial charge in [-0.3, -0.25) is 4.79 Å². The third-order valence-corrected chi connectivity index (χ3v) is 11.7. The zero-order valence-electron chi connectivity index (χ0n) is 18.0. The number of Topliss-reactive ketones (excluding diaryl/α,β-unsaturated/α-hetero) is 1. The normalized spacial score (nSPS) is 62.0. The molecule has 6 aliphatic rings. The molecule has 0 unspecified atom stereocenters. The van der Waals surface area contributed by atoms with Crippen molar-refractivity contribution in [1.82, 2.24) is 0 Å². The molecule has 0 radical (unpaired) electrons. The van der Waals surface area contributed by atoms with E-state index in [0.717, 1.165) is 37.5 Å². The fourth-order valence-corrected chi connectivity index (χ4v) is 10.5. The van der Waals surface area contributed by atoms with E-state index in [1.165, 1.54) is 44.9 Å². The Bertz CT molecular complexity index is 719. The van der Waals surface area contributed by atoms with Crippen molar-refractivity contribution in [2.75, 3.05) is 0 Å². The summed E-state index contributed by atoms with van der Waals surface area (Å²) in [6.45, 7) is 6.93. The summed E-state index contributed by atoms with van der Waals surface area (Å²) in [6.07, 6.45) is 13.1. The molecule has 6 fully saturated rings. The molecule has 10 atom stereocenters. The van der Waals surface area contributed by atoms with E-state index >= 15 is 0 Å². The Hall–Kier alpha value is -0.410. The highest BCUT2D eigenvalue weighted by Gasteiger charge is 2.77. The number of aliphatic hydroxyl groups is 1. The van der Waals surface area contributed by atoms with Gasteiger partial charge in [-0.2, -0.15) is 0 Å². The van der Waals surface area contributed by atoms with Gasteiger partial charge in [-0.25, -0.2) is 0 Å². The van der Waals surface area contributed by atoms with Crippen LogP contribution < -0.4 is 0 Å². The van der Waals surface area contributed by atoms with E-state index < -0.39 is 0 Å². The Labute approximate surface area is 170 Å². The third-order valence-electron chi connectivity index (χ3n) is 11.7. The third kappa shape index (κ3) is 1.84. The Morgan fingerprint density at radius 3 is 2.54 bits per heavy atom. The molecule has 1 N–H and O–H groups in total. The molecule has 1 aliphatic heterocycles. The molecule has 0 amide bonds. The molecule has 6 rings (SSSR count). The van der Waals surface area contributed by atoms with Gasteiger partial charge in [0.25, 0.3) is 0 Å². The van der Waals surface area contributed by atoms with Gasteiger partial charge in [0.2, 0.25) is 0 Å². The monoisotopic (exact) mass is 386 g/mol. The first-order chi connectivity index (χ1) is 13.3. The molecule has 3 nitrogen and oxygen atoms in total. The molecule has 1 saturated heterocycles. The minimum Gasteiger partial charge on any atom is -0.393 e. The number of ether oxygens (including phenoxy) is 1. The second-order valence-electron chi connectivity index (χ2n) is 12.1. The van der Waals surface area contributed by atoms with Crippen LogP contribution in [-0.2, 0) is 9.53 Å². The van der Waals surface area contributed by atoms with Crippen molar-refractivity contribution in [2.45, 2.75) is 109 Å². The number of aliphatic hydroxyl groups excluding tert-OH is 1. The molecule has 5 aliphatic carbocycles. The molecule has 28 heavy (non-hydrogen) atoms. The van der Waals surface area contributed by atoms with Crippen LogP contribution in [-0.4, -0.2) is 28.7 Å². The molecule has 156 valence electrons. The fraction of sp³-hybridized carbons (Fsp3) is 0.960. The number of epoxide rings is 1. The van der Waals surface area contributed by atoms with Gasteiger partial charge in [-0.15, -0.1) is 0 Å². The summed E-state index contributed by atoms with van der Waals surface area (Å²) in [5, 5.41) is 10.4. The lowest BCUT2D eigenvalue weighted by atomic mass is 9.42. The van der Waals surface area contributed by atoms with Crippen molar-refractivity contribution < 1.29 is 14.6 Å². The van der Waals surface area contributed by atoms with Crippen LogP contribution in [0, 0.1) is 39.9 Å².